The highest BCUT2D eigenvalue weighted by atomic mass is 127. The zero-order chi connectivity index (χ0) is 15.9. The van der Waals surface area contributed by atoms with Crippen LogP contribution in [0.15, 0.2) is 24.3 Å². The number of anilines is 1. The molecule has 4 aliphatic rings. The van der Waals surface area contributed by atoms with Crippen molar-refractivity contribution in [3.8, 4) is 0 Å². The molecule has 3 saturated heterocycles. The van der Waals surface area contributed by atoms with Gasteiger partial charge in [-0.05, 0) is 34.7 Å². The van der Waals surface area contributed by atoms with Crippen molar-refractivity contribution >= 4 is 40.2 Å². The third kappa shape index (κ3) is 1.61. The lowest BCUT2D eigenvalue weighted by Gasteiger charge is -2.33. The van der Waals surface area contributed by atoms with Gasteiger partial charge in [0.05, 0.1) is 17.7 Å². The van der Waals surface area contributed by atoms with Crippen LogP contribution in [0.25, 0.3) is 0 Å². The normalized spacial score (nSPS) is 42.9. The van der Waals surface area contributed by atoms with E-state index in [0.29, 0.717) is 6.42 Å². The molecule has 5 rings (SSSR count). The van der Waals surface area contributed by atoms with Gasteiger partial charge in [0.25, 0.3) is 5.91 Å². The van der Waals surface area contributed by atoms with Gasteiger partial charge in [-0.2, -0.15) is 0 Å². The molecule has 0 radical (unpaired) electrons. The summed E-state index contributed by atoms with van der Waals surface area (Å²) in [6.07, 6.45) is -0.333. The lowest BCUT2D eigenvalue weighted by molar-refractivity contribution is -0.160. The van der Waals surface area contributed by atoms with Gasteiger partial charge >= 0.3 is 5.97 Å². The van der Waals surface area contributed by atoms with Crippen molar-refractivity contribution in [3.05, 3.63) is 27.8 Å². The fraction of sp³-hybridized carbons (Fsp3) is 0.467. The molecule has 1 saturated carbocycles. The van der Waals surface area contributed by atoms with Crippen LogP contribution in [0.1, 0.15) is 6.42 Å². The quantitative estimate of drug-likeness (QED) is 0.415. The summed E-state index contributed by atoms with van der Waals surface area (Å²) in [4.78, 5) is 30.8. The van der Waals surface area contributed by atoms with Crippen LogP contribution >= 0.6 is 22.6 Å². The highest BCUT2D eigenvalue weighted by Gasteiger charge is 2.79. The minimum absolute atomic E-state index is 0.134. The molecular weight excluding hydrogens is 415 g/mol. The number of nitrogens with two attached hydrogens (primary N) is 1. The molecule has 3 heterocycles. The van der Waals surface area contributed by atoms with Crippen LogP contribution in [0.3, 0.4) is 0 Å². The predicted octanol–water partition coefficient (Wildman–Crippen LogP) is 0.348. The maximum absolute atomic E-state index is 12.4. The number of hydrogen-bond donors (Lipinski definition) is 1. The van der Waals surface area contributed by atoms with E-state index in [-0.39, 0.29) is 12.1 Å². The van der Waals surface area contributed by atoms with Crippen molar-refractivity contribution in [2.24, 2.45) is 11.7 Å². The molecule has 2 N–H and O–H groups in total. The second-order valence-electron chi connectivity index (χ2n) is 6.30. The number of hydroxylamine groups is 1. The van der Waals surface area contributed by atoms with E-state index in [1.807, 2.05) is 24.3 Å². The molecule has 1 aromatic carbocycles. The van der Waals surface area contributed by atoms with Crippen LogP contribution in [0.2, 0.25) is 0 Å². The van der Waals surface area contributed by atoms with Crippen LogP contribution in [-0.2, 0) is 23.9 Å². The van der Waals surface area contributed by atoms with Crippen molar-refractivity contribution < 1.29 is 23.9 Å². The Morgan fingerprint density at radius 2 is 2.13 bits per heavy atom. The van der Waals surface area contributed by atoms with Gasteiger partial charge in [0, 0.05) is 9.99 Å². The molecule has 1 aliphatic carbocycles. The van der Waals surface area contributed by atoms with Crippen molar-refractivity contribution in [1.82, 2.24) is 0 Å². The number of benzene rings is 1. The average Bonchev–Trinajstić information content (AvgIpc) is 3.08. The van der Waals surface area contributed by atoms with Crippen molar-refractivity contribution in [1.29, 1.82) is 0 Å². The van der Waals surface area contributed by atoms with Gasteiger partial charge in [0.2, 0.25) is 5.60 Å². The summed E-state index contributed by atoms with van der Waals surface area (Å²) >= 11 is 2.17. The molecule has 0 aromatic heterocycles. The lowest BCUT2D eigenvalue weighted by Crippen LogP contribution is -2.59. The Labute approximate surface area is 145 Å². The molecule has 7 nitrogen and oxygen atoms in total. The predicted molar refractivity (Wildman–Crippen MR) is 85.1 cm³/mol. The lowest BCUT2D eigenvalue weighted by atomic mass is 9.71. The Morgan fingerprint density at radius 1 is 1.35 bits per heavy atom. The second kappa shape index (κ2) is 4.37. The molecule has 6 atom stereocenters. The molecule has 120 valence electrons. The number of esters is 1. The maximum Gasteiger partial charge on any atom is 0.332 e. The van der Waals surface area contributed by atoms with E-state index >= 15 is 0 Å². The van der Waals surface area contributed by atoms with Gasteiger partial charge < -0.3 is 15.2 Å². The number of halogens is 1. The van der Waals surface area contributed by atoms with Gasteiger partial charge in [0.15, 0.2) is 6.04 Å². The Hall–Kier alpha value is -1.39. The topological polar surface area (TPSA) is 94.4 Å². The number of fused-ring (bicyclic) bond motifs is 2. The van der Waals surface area contributed by atoms with Crippen LogP contribution in [0, 0.1) is 9.49 Å². The summed E-state index contributed by atoms with van der Waals surface area (Å²) in [5.41, 5.74) is 5.09. The van der Waals surface area contributed by atoms with Crippen LogP contribution in [0.4, 0.5) is 5.69 Å². The Bertz CT molecular complexity index is 742. The van der Waals surface area contributed by atoms with Gasteiger partial charge in [-0.1, -0.05) is 12.1 Å². The van der Waals surface area contributed by atoms with E-state index in [1.54, 1.807) is 0 Å². The average molecular weight is 428 g/mol. The number of ether oxygens (including phenoxy) is 2. The largest absolute Gasteiger partial charge is 0.460 e. The van der Waals surface area contributed by atoms with Crippen LogP contribution in [-0.4, -0.2) is 41.8 Å². The first-order chi connectivity index (χ1) is 11.0. The van der Waals surface area contributed by atoms with E-state index in [0.717, 1.165) is 9.26 Å². The van der Waals surface area contributed by atoms with E-state index < -0.39 is 35.7 Å². The number of rotatable bonds is 2. The van der Waals surface area contributed by atoms with Gasteiger partial charge in [-0.3, -0.25) is 9.63 Å². The number of epoxide rings is 1. The zero-order valence-corrected chi connectivity index (χ0v) is 14.0. The zero-order valence-electron chi connectivity index (χ0n) is 11.8. The number of hydrogen-bond acceptors (Lipinski definition) is 6. The van der Waals surface area contributed by atoms with E-state index in [1.165, 1.54) is 5.06 Å². The van der Waals surface area contributed by atoms with Crippen LogP contribution in [0.5, 0.6) is 0 Å². The minimum atomic E-state index is -1.33. The summed E-state index contributed by atoms with van der Waals surface area (Å²) in [6, 6.07) is 6.84. The highest BCUT2D eigenvalue weighted by Crippen LogP contribution is 2.58. The number of para-hydroxylation sites is 1. The van der Waals surface area contributed by atoms with Gasteiger partial charge in [0.1, 0.15) is 12.2 Å². The number of nitrogens with zero attached hydrogens (tertiary/aromatic N) is 1. The monoisotopic (exact) mass is 428 g/mol. The summed E-state index contributed by atoms with van der Waals surface area (Å²) in [7, 11) is 0. The molecule has 0 unspecified atom stereocenters. The summed E-state index contributed by atoms with van der Waals surface area (Å²) in [6.45, 7) is 0. The fourth-order valence-electron chi connectivity index (χ4n) is 4.22. The molecule has 3 aliphatic heterocycles. The van der Waals surface area contributed by atoms with Crippen molar-refractivity contribution in [2.75, 3.05) is 5.06 Å². The number of primary amides is 1. The molecule has 1 amide bonds. The minimum Gasteiger partial charge on any atom is -0.460 e. The smallest absolute Gasteiger partial charge is 0.332 e. The summed E-state index contributed by atoms with van der Waals surface area (Å²) < 4.78 is 12.0. The fourth-order valence-corrected chi connectivity index (χ4v) is 4.84. The molecule has 1 aromatic rings. The Morgan fingerprint density at radius 3 is 2.87 bits per heavy atom. The van der Waals surface area contributed by atoms with Gasteiger partial charge in [-0.15, -0.1) is 0 Å². The first-order valence-corrected chi connectivity index (χ1v) is 8.50. The van der Waals surface area contributed by atoms with E-state index in [9.17, 15) is 9.59 Å². The summed E-state index contributed by atoms with van der Waals surface area (Å²) in [5, 5.41) is 1.50. The van der Waals surface area contributed by atoms with Gasteiger partial charge in [-0.25, -0.2) is 9.86 Å². The SMILES string of the molecule is NC(=O)[C@]12ON(c3ccccc3I)[C@@H]3C(=O)O[C@H](C[C@H]4O[C@H]41)[C@@H]32. The first kappa shape index (κ1) is 14.0. The number of carbonyl (C=O) groups excluding carboxylic acids is 2. The highest BCUT2D eigenvalue weighted by molar-refractivity contribution is 14.1. The standard InChI is InChI=1S/C15H13IN2O5/c16-6-3-1-2-4-7(6)18-11-10-8(22-13(11)19)5-9-12(21-9)15(10,23-18)14(17)20/h1-4,8-12H,5H2,(H2,17,20)/t8-,9-,10+,11+,12-,15-/m1/s1. The molecule has 0 spiro atoms. The third-order valence-electron chi connectivity index (χ3n) is 5.19. The molecule has 4 fully saturated rings. The van der Waals surface area contributed by atoms with E-state index in [4.69, 9.17) is 20.0 Å². The Balaban J connectivity index is 1.67. The first-order valence-electron chi connectivity index (χ1n) is 7.43. The second-order valence-corrected chi connectivity index (χ2v) is 7.46. The van der Waals surface area contributed by atoms with Crippen LogP contribution < -0.4 is 10.8 Å². The number of carbonyl (C=O) groups is 2. The van der Waals surface area contributed by atoms with Crippen molar-refractivity contribution in [3.63, 3.8) is 0 Å². The number of amides is 1. The Kier molecular flexibility index (Phi) is 2.66. The molecule has 0 bridgehead atoms. The summed E-state index contributed by atoms with van der Waals surface area (Å²) in [5.74, 6) is -1.41. The molecular formula is C15H13IN2O5. The molecule has 8 heteroatoms. The molecule has 23 heavy (non-hydrogen) atoms. The van der Waals surface area contributed by atoms with Crippen molar-refractivity contribution in [2.45, 2.75) is 36.4 Å². The van der Waals surface area contributed by atoms with E-state index in [2.05, 4.69) is 22.6 Å². The maximum atomic E-state index is 12.4. The third-order valence-corrected chi connectivity index (χ3v) is 6.10.